The quantitative estimate of drug-likeness (QED) is 0.574. The molecule has 1 aliphatic heterocycles. The van der Waals surface area contributed by atoms with Gasteiger partial charge in [-0.3, -0.25) is 4.79 Å². The molecule has 1 fully saturated rings. The normalized spacial score (nSPS) is 36.4. The Morgan fingerprint density at radius 1 is 1.35 bits per heavy atom. The summed E-state index contributed by atoms with van der Waals surface area (Å²) in [4.78, 5) is 14.7. The monoisotopic (exact) mass is 337 g/mol. The van der Waals surface area contributed by atoms with Crippen LogP contribution in [-0.2, 0) is 4.79 Å². The van der Waals surface area contributed by atoms with Crippen molar-refractivity contribution < 1.29 is 4.79 Å². The summed E-state index contributed by atoms with van der Waals surface area (Å²) in [5.74, 6) is 1.77. The Morgan fingerprint density at radius 3 is 3.00 bits per heavy atom. The highest BCUT2D eigenvalue weighted by molar-refractivity contribution is 9.09. The van der Waals surface area contributed by atoms with E-state index >= 15 is 0 Å². The molecule has 1 saturated heterocycles. The van der Waals surface area contributed by atoms with Gasteiger partial charge in [0, 0.05) is 41.9 Å². The maximum atomic E-state index is 12.1. The number of hydrogen-bond acceptors (Lipinski definition) is 2. The van der Waals surface area contributed by atoms with Crippen LogP contribution in [0.25, 0.3) is 0 Å². The first-order valence-electron chi connectivity index (χ1n) is 7.94. The molecule has 0 spiro atoms. The molecule has 0 aromatic carbocycles. The average molecular weight is 338 g/mol. The fourth-order valence-electron chi connectivity index (χ4n) is 4.22. The van der Waals surface area contributed by atoms with Crippen LogP contribution in [0.5, 0.6) is 0 Å². The van der Waals surface area contributed by atoms with Crippen molar-refractivity contribution in [2.75, 3.05) is 11.9 Å². The van der Waals surface area contributed by atoms with Crippen LogP contribution in [0.2, 0.25) is 0 Å². The fraction of sp³-hybridized carbons (Fsp3) is 0.706. The molecule has 2 nitrogen and oxygen atoms in total. The van der Waals surface area contributed by atoms with Crippen molar-refractivity contribution in [1.82, 2.24) is 4.90 Å². The Kier molecular flexibility index (Phi) is 4.34. The molecule has 20 heavy (non-hydrogen) atoms. The third-order valence-electron chi connectivity index (χ3n) is 5.27. The summed E-state index contributed by atoms with van der Waals surface area (Å²) in [6.07, 6.45) is 12.1. The highest BCUT2D eigenvalue weighted by Gasteiger charge is 2.42. The van der Waals surface area contributed by atoms with Gasteiger partial charge in [-0.1, -0.05) is 34.2 Å². The number of fused-ring (bicyclic) bond motifs is 3. The number of hydrogen-bond donors (Lipinski definition) is 0. The lowest BCUT2D eigenvalue weighted by Gasteiger charge is -2.48. The SMILES string of the molecule is CC1CC[C@@H]2C(=CCC3C(=O)CC=CC32)N1CCCBr. The van der Waals surface area contributed by atoms with Crippen LogP contribution in [0, 0.1) is 17.8 Å². The lowest BCUT2D eigenvalue weighted by Crippen LogP contribution is -2.46. The number of piperidine rings is 1. The maximum Gasteiger partial charge on any atom is 0.140 e. The lowest BCUT2D eigenvalue weighted by molar-refractivity contribution is -0.124. The number of likely N-dealkylation sites (tertiary alicyclic amines) is 1. The first-order chi connectivity index (χ1) is 9.72. The molecule has 0 radical (unpaired) electrons. The van der Waals surface area contributed by atoms with Gasteiger partial charge in [-0.05, 0) is 38.5 Å². The van der Waals surface area contributed by atoms with Crippen LogP contribution in [-0.4, -0.2) is 28.6 Å². The van der Waals surface area contributed by atoms with Crippen molar-refractivity contribution >= 4 is 21.7 Å². The van der Waals surface area contributed by atoms with Crippen molar-refractivity contribution in [2.24, 2.45) is 17.8 Å². The second-order valence-electron chi connectivity index (χ2n) is 6.42. The zero-order valence-electron chi connectivity index (χ0n) is 12.2. The van der Waals surface area contributed by atoms with Crippen molar-refractivity contribution in [2.45, 2.75) is 45.1 Å². The summed E-state index contributed by atoms with van der Waals surface area (Å²) in [5, 5.41) is 1.07. The first kappa shape index (κ1) is 14.4. The van der Waals surface area contributed by atoms with Gasteiger partial charge in [-0.15, -0.1) is 0 Å². The lowest BCUT2D eigenvalue weighted by atomic mass is 9.66. The molecule has 1 heterocycles. The van der Waals surface area contributed by atoms with Gasteiger partial charge in [0.2, 0.25) is 0 Å². The molecule has 3 rings (SSSR count). The fourth-order valence-corrected chi connectivity index (χ4v) is 4.47. The van der Waals surface area contributed by atoms with E-state index < -0.39 is 0 Å². The Morgan fingerprint density at radius 2 is 2.20 bits per heavy atom. The molecule has 2 aliphatic carbocycles. The number of carbonyl (C=O) groups excluding carboxylic acids is 1. The maximum absolute atomic E-state index is 12.1. The van der Waals surface area contributed by atoms with E-state index in [1.54, 1.807) is 0 Å². The third kappa shape index (κ3) is 2.49. The third-order valence-corrected chi connectivity index (χ3v) is 5.83. The molecule has 0 saturated carbocycles. The molecule has 3 aliphatic rings. The van der Waals surface area contributed by atoms with Crippen LogP contribution in [0.1, 0.15) is 39.0 Å². The molecule has 0 aromatic rings. The minimum absolute atomic E-state index is 0.264. The van der Waals surface area contributed by atoms with E-state index in [-0.39, 0.29) is 5.92 Å². The van der Waals surface area contributed by atoms with Gasteiger partial charge in [-0.25, -0.2) is 0 Å². The number of nitrogens with zero attached hydrogens (tertiary/aromatic N) is 1. The summed E-state index contributed by atoms with van der Waals surface area (Å²) in [5.41, 5.74) is 1.53. The summed E-state index contributed by atoms with van der Waals surface area (Å²) in [6.45, 7) is 3.49. The Bertz CT molecular complexity index is 442. The number of rotatable bonds is 3. The highest BCUT2D eigenvalue weighted by Crippen LogP contribution is 2.46. The van der Waals surface area contributed by atoms with Crippen molar-refractivity contribution in [1.29, 1.82) is 0 Å². The molecule has 4 atom stereocenters. The van der Waals surface area contributed by atoms with E-state index in [4.69, 9.17) is 0 Å². The Labute approximate surface area is 130 Å². The van der Waals surface area contributed by atoms with E-state index in [0.29, 0.717) is 30.1 Å². The standard InChI is InChI=1S/C17H24BrNO/c1-12-6-7-14-13-4-2-5-17(20)15(13)8-9-16(14)19(12)11-3-10-18/h2,4,9,12-15H,3,5-8,10-11H2,1H3/t12?,13?,14-,15?/m0/s1. The van der Waals surface area contributed by atoms with Crippen molar-refractivity contribution in [3.63, 3.8) is 0 Å². The zero-order chi connectivity index (χ0) is 14.1. The zero-order valence-corrected chi connectivity index (χ0v) is 13.8. The number of halogens is 1. The molecular weight excluding hydrogens is 314 g/mol. The number of ketones is 1. The second kappa shape index (κ2) is 6.05. The van der Waals surface area contributed by atoms with Crippen LogP contribution in [0.3, 0.4) is 0 Å². The summed E-state index contributed by atoms with van der Waals surface area (Å²) in [6, 6.07) is 0.649. The molecule has 110 valence electrons. The molecule has 0 bridgehead atoms. The van der Waals surface area contributed by atoms with E-state index in [1.165, 1.54) is 25.0 Å². The predicted molar refractivity (Wildman–Crippen MR) is 85.7 cm³/mol. The van der Waals surface area contributed by atoms with Gasteiger partial charge >= 0.3 is 0 Å². The summed E-state index contributed by atoms with van der Waals surface area (Å²) in [7, 11) is 0. The first-order valence-corrected chi connectivity index (χ1v) is 9.06. The Balaban J connectivity index is 1.84. The second-order valence-corrected chi connectivity index (χ2v) is 7.21. The number of carbonyl (C=O) groups is 1. The van der Waals surface area contributed by atoms with Crippen LogP contribution >= 0.6 is 15.9 Å². The topological polar surface area (TPSA) is 20.3 Å². The van der Waals surface area contributed by atoms with Gasteiger partial charge in [0.05, 0.1) is 0 Å². The van der Waals surface area contributed by atoms with E-state index in [0.717, 1.165) is 18.3 Å². The minimum Gasteiger partial charge on any atom is -0.372 e. The summed E-state index contributed by atoms with van der Waals surface area (Å²) >= 11 is 3.55. The van der Waals surface area contributed by atoms with Crippen LogP contribution in [0.15, 0.2) is 23.9 Å². The number of Topliss-reactive ketones (excluding diaryl/α,β-unsaturated/α-hetero) is 1. The van der Waals surface area contributed by atoms with E-state index in [1.807, 2.05) is 0 Å². The largest absolute Gasteiger partial charge is 0.372 e. The smallest absolute Gasteiger partial charge is 0.140 e. The highest BCUT2D eigenvalue weighted by atomic mass is 79.9. The van der Waals surface area contributed by atoms with E-state index in [9.17, 15) is 4.79 Å². The average Bonchev–Trinajstić information content (AvgIpc) is 2.46. The van der Waals surface area contributed by atoms with E-state index in [2.05, 4.69) is 46.0 Å². The number of allylic oxidation sites excluding steroid dienone is 4. The molecule has 0 N–H and O–H groups in total. The Hall–Kier alpha value is -0.570. The molecule has 3 unspecified atom stereocenters. The molecule has 0 aromatic heterocycles. The minimum atomic E-state index is 0.264. The van der Waals surface area contributed by atoms with Crippen molar-refractivity contribution in [3.8, 4) is 0 Å². The molecule has 0 amide bonds. The van der Waals surface area contributed by atoms with Crippen LogP contribution < -0.4 is 0 Å². The van der Waals surface area contributed by atoms with Gasteiger partial charge in [0.1, 0.15) is 5.78 Å². The van der Waals surface area contributed by atoms with Crippen molar-refractivity contribution in [3.05, 3.63) is 23.9 Å². The molecular formula is C17H24BrNO. The van der Waals surface area contributed by atoms with Gasteiger partial charge in [0.25, 0.3) is 0 Å². The van der Waals surface area contributed by atoms with Gasteiger partial charge < -0.3 is 4.90 Å². The number of alkyl halides is 1. The summed E-state index contributed by atoms with van der Waals surface area (Å²) < 4.78 is 0. The van der Waals surface area contributed by atoms with Gasteiger partial charge in [-0.2, -0.15) is 0 Å². The predicted octanol–water partition coefficient (Wildman–Crippen LogP) is 3.92. The van der Waals surface area contributed by atoms with Crippen LogP contribution in [0.4, 0.5) is 0 Å². The molecule has 3 heteroatoms. The van der Waals surface area contributed by atoms with Gasteiger partial charge in [0.15, 0.2) is 0 Å².